The predicted molar refractivity (Wildman–Crippen MR) is 69.7 cm³/mol. The topological polar surface area (TPSA) is 17.8 Å². The molecule has 0 N–H and O–H groups in total. The predicted octanol–water partition coefficient (Wildman–Crippen LogP) is 3.19. The molecular formula is C13H15ClN2. The normalized spacial score (nSPS) is 9.50. The van der Waals surface area contributed by atoms with E-state index in [0.29, 0.717) is 0 Å². The van der Waals surface area contributed by atoms with Crippen LogP contribution in [-0.2, 0) is 13.0 Å². The highest BCUT2D eigenvalue weighted by molar-refractivity contribution is 5.85. The summed E-state index contributed by atoms with van der Waals surface area (Å²) >= 11 is 0. The molecule has 16 heavy (non-hydrogen) atoms. The Bertz CT molecular complexity index is 418. The Kier molecular flexibility index (Phi) is 4.80. The Morgan fingerprint density at radius 2 is 2.00 bits per heavy atom. The molecule has 0 saturated heterocycles. The van der Waals surface area contributed by atoms with Gasteiger partial charge in [0.05, 0.1) is 6.33 Å². The lowest BCUT2D eigenvalue weighted by molar-refractivity contribution is 0.696. The summed E-state index contributed by atoms with van der Waals surface area (Å²) in [7, 11) is 0. The maximum Gasteiger partial charge on any atom is 0.0946 e. The van der Waals surface area contributed by atoms with E-state index in [-0.39, 0.29) is 12.4 Å². The molecule has 2 nitrogen and oxygen atoms in total. The van der Waals surface area contributed by atoms with Gasteiger partial charge in [0.2, 0.25) is 0 Å². The third-order valence-electron chi connectivity index (χ3n) is 2.43. The average molecular weight is 235 g/mol. The summed E-state index contributed by atoms with van der Waals surface area (Å²) in [4.78, 5) is 4.01. The molecule has 0 spiro atoms. The van der Waals surface area contributed by atoms with Crippen LogP contribution in [0.2, 0.25) is 0 Å². The minimum Gasteiger partial charge on any atom is -0.337 e. The maximum absolute atomic E-state index is 4.01. The summed E-state index contributed by atoms with van der Waals surface area (Å²) in [6.07, 6.45) is 8.53. The van der Waals surface area contributed by atoms with Crippen molar-refractivity contribution < 1.29 is 0 Å². The molecule has 1 aromatic heterocycles. The molecule has 0 atom stereocenters. The van der Waals surface area contributed by atoms with E-state index in [4.69, 9.17) is 0 Å². The highest BCUT2D eigenvalue weighted by atomic mass is 35.5. The molecule has 0 radical (unpaired) electrons. The Labute approximate surface area is 102 Å². The Morgan fingerprint density at radius 1 is 1.25 bits per heavy atom. The van der Waals surface area contributed by atoms with Gasteiger partial charge in [-0.25, -0.2) is 4.98 Å². The van der Waals surface area contributed by atoms with Gasteiger partial charge in [-0.3, -0.25) is 0 Å². The van der Waals surface area contributed by atoms with Crippen LogP contribution in [0.3, 0.4) is 0 Å². The van der Waals surface area contributed by atoms with Crippen molar-refractivity contribution in [1.82, 2.24) is 9.55 Å². The zero-order chi connectivity index (χ0) is 10.5. The summed E-state index contributed by atoms with van der Waals surface area (Å²) in [5, 5.41) is 0. The second kappa shape index (κ2) is 6.13. The summed E-state index contributed by atoms with van der Waals surface area (Å²) in [6.45, 7) is 4.71. The first-order valence-electron chi connectivity index (χ1n) is 5.05. The molecule has 0 fully saturated rings. The van der Waals surface area contributed by atoms with Crippen LogP contribution in [0, 0.1) is 0 Å². The first kappa shape index (κ1) is 12.5. The van der Waals surface area contributed by atoms with E-state index in [1.807, 2.05) is 18.6 Å². The quantitative estimate of drug-likeness (QED) is 0.795. The molecule has 0 aliphatic heterocycles. The van der Waals surface area contributed by atoms with E-state index in [1.54, 1.807) is 6.20 Å². The average Bonchev–Trinajstić information content (AvgIpc) is 2.80. The lowest BCUT2D eigenvalue weighted by Gasteiger charge is -2.02. The van der Waals surface area contributed by atoms with Crippen molar-refractivity contribution in [2.45, 2.75) is 13.0 Å². The molecule has 0 saturated carbocycles. The molecule has 0 bridgehead atoms. The summed E-state index contributed by atoms with van der Waals surface area (Å²) in [5.41, 5.74) is 2.51. The number of imidazole rings is 1. The molecule has 0 amide bonds. The third kappa shape index (κ3) is 3.24. The zero-order valence-electron chi connectivity index (χ0n) is 9.04. The second-order valence-electron chi connectivity index (χ2n) is 3.50. The van der Waals surface area contributed by atoms with Gasteiger partial charge in [-0.15, -0.1) is 12.4 Å². The van der Waals surface area contributed by atoms with Crippen LogP contribution in [0.4, 0.5) is 0 Å². The van der Waals surface area contributed by atoms with Crippen molar-refractivity contribution >= 4 is 18.5 Å². The molecule has 1 aromatic carbocycles. The Balaban J connectivity index is 0.00000128. The number of aromatic nitrogens is 2. The van der Waals surface area contributed by atoms with Gasteiger partial charge in [0.1, 0.15) is 0 Å². The van der Waals surface area contributed by atoms with Gasteiger partial charge in [-0.05, 0) is 17.5 Å². The van der Waals surface area contributed by atoms with Crippen LogP contribution in [0.5, 0.6) is 0 Å². The summed E-state index contributed by atoms with van der Waals surface area (Å²) in [6, 6.07) is 8.48. The second-order valence-corrected chi connectivity index (χ2v) is 3.50. The van der Waals surface area contributed by atoms with Crippen LogP contribution in [0.25, 0.3) is 6.08 Å². The summed E-state index contributed by atoms with van der Waals surface area (Å²) in [5.74, 6) is 0. The van der Waals surface area contributed by atoms with Crippen molar-refractivity contribution in [3.8, 4) is 0 Å². The van der Waals surface area contributed by atoms with Crippen molar-refractivity contribution in [1.29, 1.82) is 0 Å². The van der Waals surface area contributed by atoms with Gasteiger partial charge >= 0.3 is 0 Å². The molecular weight excluding hydrogens is 220 g/mol. The van der Waals surface area contributed by atoms with Crippen molar-refractivity contribution in [3.63, 3.8) is 0 Å². The minimum atomic E-state index is 0. The van der Waals surface area contributed by atoms with Crippen LogP contribution in [0.1, 0.15) is 11.1 Å². The van der Waals surface area contributed by atoms with Gasteiger partial charge < -0.3 is 4.57 Å². The molecule has 0 unspecified atom stereocenters. The standard InChI is InChI=1S/C13H14N2.ClH/c1-2-12-3-5-13(6-4-12)7-9-15-10-8-14-11-15;/h2-6,8,10-11H,1,7,9H2;1H. The lowest BCUT2D eigenvalue weighted by atomic mass is 10.1. The van der Waals surface area contributed by atoms with E-state index in [9.17, 15) is 0 Å². The highest BCUT2D eigenvalue weighted by Gasteiger charge is 1.94. The molecule has 2 aromatic rings. The van der Waals surface area contributed by atoms with E-state index in [2.05, 4.69) is 40.4 Å². The number of benzene rings is 1. The van der Waals surface area contributed by atoms with Crippen molar-refractivity contribution in [2.75, 3.05) is 0 Å². The number of nitrogens with zero attached hydrogens (tertiary/aromatic N) is 2. The van der Waals surface area contributed by atoms with E-state index < -0.39 is 0 Å². The van der Waals surface area contributed by atoms with Gasteiger partial charge in [0, 0.05) is 18.9 Å². The highest BCUT2D eigenvalue weighted by Crippen LogP contribution is 2.06. The monoisotopic (exact) mass is 234 g/mol. The molecule has 0 aliphatic rings. The lowest BCUT2D eigenvalue weighted by Crippen LogP contribution is -1.98. The van der Waals surface area contributed by atoms with Crippen LogP contribution in [-0.4, -0.2) is 9.55 Å². The molecule has 2 rings (SSSR count). The minimum absolute atomic E-state index is 0. The summed E-state index contributed by atoms with van der Waals surface area (Å²) < 4.78 is 2.08. The van der Waals surface area contributed by atoms with E-state index >= 15 is 0 Å². The first-order valence-corrected chi connectivity index (χ1v) is 5.05. The van der Waals surface area contributed by atoms with Gasteiger partial charge in [0.25, 0.3) is 0 Å². The molecule has 84 valence electrons. The van der Waals surface area contributed by atoms with E-state index in [0.717, 1.165) is 13.0 Å². The zero-order valence-corrected chi connectivity index (χ0v) is 9.86. The SMILES string of the molecule is C=Cc1ccc(CCn2ccnc2)cc1.Cl. The fourth-order valence-electron chi connectivity index (χ4n) is 1.50. The fraction of sp³-hybridized carbons (Fsp3) is 0.154. The number of halogens is 1. The number of hydrogen-bond acceptors (Lipinski definition) is 1. The first-order chi connectivity index (χ1) is 7.38. The van der Waals surface area contributed by atoms with Crippen LogP contribution in [0.15, 0.2) is 49.6 Å². The molecule has 3 heteroatoms. The number of rotatable bonds is 4. The molecule has 1 heterocycles. The Morgan fingerprint density at radius 3 is 2.56 bits per heavy atom. The fourth-order valence-corrected chi connectivity index (χ4v) is 1.50. The maximum atomic E-state index is 4.01. The number of aryl methyl sites for hydroxylation is 2. The van der Waals surface area contributed by atoms with Crippen LogP contribution >= 0.6 is 12.4 Å². The van der Waals surface area contributed by atoms with Gasteiger partial charge in [-0.1, -0.05) is 36.9 Å². The van der Waals surface area contributed by atoms with Crippen molar-refractivity contribution in [2.24, 2.45) is 0 Å². The molecule has 0 aliphatic carbocycles. The van der Waals surface area contributed by atoms with E-state index in [1.165, 1.54) is 11.1 Å². The van der Waals surface area contributed by atoms with Gasteiger partial charge in [-0.2, -0.15) is 0 Å². The smallest absolute Gasteiger partial charge is 0.0946 e. The van der Waals surface area contributed by atoms with Gasteiger partial charge in [0.15, 0.2) is 0 Å². The Hall–Kier alpha value is -1.54. The largest absolute Gasteiger partial charge is 0.337 e. The number of hydrogen-bond donors (Lipinski definition) is 0. The third-order valence-corrected chi connectivity index (χ3v) is 2.43. The van der Waals surface area contributed by atoms with Crippen LogP contribution < -0.4 is 0 Å². The van der Waals surface area contributed by atoms with Crippen molar-refractivity contribution in [3.05, 3.63) is 60.7 Å².